The molecule has 122 valence electrons. The Labute approximate surface area is 130 Å². The van der Waals surface area contributed by atoms with Gasteiger partial charge < -0.3 is 19.9 Å². The molecule has 0 bridgehead atoms. The molecule has 2 amide bonds. The molecule has 1 unspecified atom stereocenters. The molecule has 6 nitrogen and oxygen atoms in total. The van der Waals surface area contributed by atoms with E-state index in [0.29, 0.717) is 26.3 Å². The van der Waals surface area contributed by atoms with E-state index in [-0.39, 0.29) is 17.1 Å². The monoisotopic (exact) mass is 307 g/mol. The molecule has 1 fully saturated rings. The summed E-state index contributed by atoms with van der Waals surface area (Å²) in [5.41, 5.74) is 0.741. The third-order valence-electron chi connectivity index (χ3n) is 4.00. The van der Waals surface area contributed by atoms with Crippen LogP contribution in [0.4, 0.5) is 4.79 Å². The number of ether oxygens (including phenoxy) is 1. The molecule has 0 saturated carbocycles. The molecule has 2 heterocycles. The molecule has 0 aliphatic carbocycles. The molecule has 6 heteroatoms. The first-order valence-corrected chi connectivity index (χ1v) is 7.80. The lowest BCUT2D eigenvalue weighted by atomic mass is 10.0. The van der Waals surface area contributed by atoms with Gasteiger partial charge in [-0.3, -0.25) is 4.79 Å². The number of nitrogens with one attached hydrogen (secondary N) is 2. The van der Waals surface area contributed by atoms with Crippen LogP contribution in [0.3, 0.4) is 0 Å². The van der Waals surface area contributed by atoms with Gasteiger partial charge in [-0.2, -0.15) is 0 Å². The standard InChI is InChI=1S/C16H25N3O3/c1-13-6-5-7-14(20)19(13)10-4-3-9-17-15(21)18-16(2)8-11-22-12-16/h5-7H,3-4,8-12H2,1-2H3,(H2,17,18,21). The third-order valence-corrected chi connectivity index (χ3v) is 4.00. The summed E-state index contributed by atoms with van der Waals surface area (Å²) in [6, 6.07) is 5.12. The van der Waals surface area contributed by atoms with Crippen LogP contribution in [-0.2, 0) is 11.3 Å². The number of carbonyl (C=O) groups is 1. The van der Waals surface area contributed by atoms with E-state index in [9.17, 15) is 9.59 Å². The average Bonchev–Trinajstić information content (AvgIpc) is 2.87. The topological polar surface area (TPSA) is 72.4 Å². The second-order valence-electron chi connectivity index (χ2n) is 6.11. The van der Waals surface area contributed by atoms with Gasteiger partial charge in [-0.1, -0.05) is 6.07 Å². The molecule has 2 N–H and O–H groups in total. The van der Waals surface area contributed by atoms with Crippen LogP contribution in [0.1, 0.15) is 31.9 Å². The van der Waals surface area contributed by atoms with E-state index in [1.807, 2.05) is 19.9 Å². The van der Waals surface area contributed by atoms with E-state index in [1.54, 1.807) is 16.7 Å². The predicted molar refractivity (Wildman–Crippen MR) is 85.0 cm³/mol. The van der Waals surface area contributed by atoms with Gasteiger partial charge in [-0.25, -0.2) is 4.79 Å². The highest BCUT2D eigenvalue weighted by atomic mass is 16.5. The molecule has 1 aliphatic heterocycles. The van der Waals surface area contributed by atoms with Crippen LogP contribution in [-0.4, -0.2) is 35.9 Å². The van der Waals surface area contributed by atoms with Crippen molar-refractivity contribution in [3.8, 4) is 0 Å². The van der Waals surface area contributed by atoms with Gasteiger partial charge >= 0.3 is 6.03 Å². The minimum atomic E-state index is -0.251. The van der Waals surface area contributed by atoms with Gasteiger partial charge in [-0.15, -0.1) is 0 Å². The molecule has 1 saturated heterocycles. The summed E-state index contributed by atoms with van der Waals surface area (Å²) >= 11 is 0. The van der Waals surface area contributed by atoms with Crippen LogP contribution in [0.2, 0.25) is 0 Å². The summed E-state index contributed by atoms with van der Waals surface area (Å²) in [5, 5.41) is 5.81. The van der Waals surface area contributed by atoms with Crippen molar-refractivity contribution in [1.29, 1.82) is 0 Å². The number of pyridine rings is 1. The summed E-state index contributed by atoms with van der Waals surface area (Å²) in [5.74, 6) is 0. The Morgan fingerprint density at radius 2 is 2.23 bits per heavy atom. The molecule has 22 heavy (non-hydrogen) atoms. The third kappa shape index (κ3) is 4.59. The maximum Gasteiger partial charge on any atom is 0.315 e. The fourth-order valence-electron chi connectivity index (χ4n) is 2.59. The van der Waals surface area contributed by atoms with Crippen molar-refractivity contribution in [3.05, 3.63) is 34.2 Å². The predicted octanol–water partition coefficient (Wildman–Crippen LogP) is 1.42. The van der Waals surface area contributed by atoms with Crippen LogP contribution in [0, 0.1) is 6.92 Å². The van der Waals surface area contributed by atoms with Crippen molar-refractivity contribution in [2.75, 3.05) is 19.8 Å². The summed E-state index contributed by atoms with van der Waals surface area (Å²) in [4.78, 5) is 23.5. The van der Waals surface area contributed by atoms with Crippen molar-refractivity contribution in [3.63, 3.8) is 0 Å². The van der Waals surface area contributed by atoms with Gasteiger partial charge in [0.2, 0.25) is 0 Å². The summed E-state index contributed by atoms with van der Waals surface area (Å²) in [7, 11) is 0. The van der Waals surface area contributed by atoms with Gasteiger partial charge in [0.25, 0.3) is 5.56 Å². The van der Waals surface area contributed by atoms with Crippen LogP contribution in [0.5, 0.6) is 0 Å². The summed E-state index contributed by atoms with van der Waals surface area (Å²) in [6.45, 7) is 6.46. The number of hydrogen-bond donors (Lipinski definition) is 2. The normalized spacial score (nSPS) is 20.8. The fourth-order valence-corrected chi connectivity index (χ4v) is 2.59. The van der Waals surface area contributed by atoms with Gasteiger partial charge in [0, 0.05) is 31.5 Å². The van der Waals surface area contributed by atoms with Crippen molar-refractivity contribution >= 4 is 6.03 Å². The van der Waals surface area contributed by atoms with Crippen LogP contribution in [0.15, 0.2) is 23.0 Å². The highest BCUT2D eigenvalue weighted by Crippen LogP contribution is 2.16. The lowest BCUT2D eigenvalue weighted by Gasteiger charge is -2.23. The Bertz CT molecular complexity index is 562. The Hall–Kier alpha value is -1.82. The minimum Gasteiger partial charge on any atom is -0.379 e. The fraction of sp³-hybridized carbons (Fsp3) is 0.625. The molecule has 0 aromatic carbocycles. The molecule has 1 aliphatic rings. The number of aryl methyl sites for hydroxylation is 1. The number of nitrogens with zero attached hydrogens (tertiary/aromatic N) is 1. The molecule has 1 aromatic heterocycles. The van der Waals surface area contributed by atoms with Crippen molar-refractivity contribution in [2.24, 2.45) is 0 Å². The van der Waals surface area contributed by atoms with E-state index in [1.165, 1.54) is 0 Å². The SMILES string of the molecule is Cc1cccc(=O)n1CCCCNC(=O)NC1(C)CCOC1. The lowest BCUT2D eigenvalue weighted by molar-refractivity contribution is 0.170. The van der Waals surface area contributed by atoms with Gasteiger partial charge in [0.1, 0.15) is 0 Å². The first-order valence-electron chi connectivity index (χ1n) is 7.80. The number of urea groups is 1. The largest absolute Gasteiger partial charge is 0.379 e. The van der Waals surface area contributed by atoms with Gasteiger partial charge in [0.15, 0.2) is 0 Å². The quantitative estimate of drug-likeness (QED) is 0.781. The van der Waals surface area contributed by atoms with E-state index in [2.05, 4.69) is 10.6 Å². The molecule has 0 spiro atoms. The number of aromatic nitrogens is 1. The Morgan fingerprint density at radius 3 is 2.91 bits per heavy atom. The zero-order chi connectivity index (χ0) is 16.0. The molecular weight excluding hydrogens is 282 g/mol. The van der Waals surface area contributed by atoms with E-state index in [0.717, 1.165) is 25.0 Å². The van der Waals surface area contributed by atoms with Crippen LogP contribution >= 0.6 is 0 Å². The van der Waals surface area contributed by atoms with Crippen molar-refractivity contribution in [1.82, 2.24) is 15.2 Å². The second-order valence-corrected chi connectivity index (χ2v) is 6.11. The van der Waals surface area contributed by atoms with Crippen LogP contribution in [0.25, 0.3) is 0 Å². The number of unbranched alkanes of at least 4 members (excludes halogenated alkanes) is 1. The Balaban J connectivity index is 1.65. The molecule has 2 rings (SSSR count). The maximum absolute atomic E-state index is 11.8. The molecule has 1 atom stereocenters. The number of carbonyl (C=O) groups excluding carboxylic acids is 1. The highest BCUT2D eigenvalue weighted by Gasteiger charge is 2.30. The molecular formula is C16H25N3O3. The zero-order valence-electron chi connectivity index (χ0n) is 13.4. The number of amides is 2. The first kappa shape index (κ1) is 16.5. The summed E-state index contributed by atoms with van der Waals surface area (Å²) in [6.07, 6.45) is 2.53. The Morgan fingerprint density at radius 1 is 1.41 bits per heavy atom. The number of hydrogen-bond acceptors (Lipinski definition) is 3. The highest BCUT2D eigenvalue weighted by molar-refractivity contribution is 5.74. The zero-order valence-corrected chi connectivity index (χ0v) is 13.4. The molecule has 0 radical (unpaired) electrons. The lowest BCUT2D eigenvalue weighted by Crippen LogP contribution is -2.50. The van der Waals surface area contributed by atoms with Crippen LogP contribution < -0.4 is 16.2 Å². The number of rotatable bonds is 6. The van der Waals surface area contributed by atoms with E-state index >= 15 is 0 Å². The average molecular weight is 307 g/mol. The minimum absolute atomic E-state index is 0.0276. The summed E-state index contributed by atoms with van der Waals surface area (Å²) < 4.78 is 7.06. The van der Waals surface area contributed by atoms with E-state index in [4.69, 9.17) is 4.74 Å². The van der Waals surface area contributed by atoms with Gasteiger partial charge in [0.05, 0.1) is 12.1 Å². The first-order chi connectivity index (χ1) is 10.5. The maximum atomic E-state index is 11.8. The smallest absolute Gasteiger partial charge is 0.315 e. The van der Waals surface area contributed by atoms with E-state index < -0.39 is 0 Å². The second kappa shape index (κ2) is 7.45. The molecule has 1 aromatic rings. The van der Waals surface area contributed by atoms with Gasteiger partial charge in [-0.05, 0) is 39.2 Å². The van der Waals surface area contributed by atoms with Crippen molar-refractivity contribution < 1.29 is 9.53 Å². The Kier molecular flexibility index (Phi) is 5.60. The van der Waals surface area contributed by atoms with Crippen molar-refractivity contribution in [2.45, 2.75) is 45.2 Å².